The SMILES string of the molecule is CC(C)Nc1cc(-n2cccn2)nc(Cl)c1-c1c(F)cccc1Cl. The van der Waals surface area contributed by atoms with Gasteiger partial charge in [-0.2, -0.15) is 5.10 Å². The molecular formula is C17H15Cl2FN4. The summed E-state index contributed by atoms with van der Waals surface area (Å²) in [4.78, 5) is 4.34. The molecule has 2 heterocycles. The molecule has 0 atom stereocenters. The molecule has 0 bridgehead atoms. The molecule has 0 aliphatic rings. The first-order valence-electron chi connectivity index (χ1n) is 7.39. The highest BCUT2D eigenvalue weighted by Crippen LogP contribution is 2.40. The third-order valence-corrected chi connectivity index (χ3v) is 3.95. The van der Waals surface area contributed by atoms with Crippen LogP contribution in [0.25, 0.3) is 16.9 Å². The summed E-state index contributed by atoms with van der Waals surface area (Å²) in [5, 5.41) is 7.86. The maximum atomic E-state index is 14.4. The van der Waals surface area contributed by atoms with Crippen LogP contribution in [0.3, 0.4) is 0 Å². The van der Waals surface area contributed by atoms with E-state index in [0.717, 1.165) is 0 Å². The smallest absolute Gasteiger partial charge is 0.157 e. The highest BCUT2D eigenvalue weighted by molar-refractivity contribution is 6.36. The molecule has 124 valence electrons. The van der Waals surface area contributed by atoms with E-state index in [-0.39, 0.29) is 21.8 Å². The zero-order valence-corrected chi connectivity index (χ0v) is 14.6. The Bertz CT molecular complexity index is 843. The van der Waals surface area contributed by atoms with Gasteiger partial charge >= 0.3 is 0 Å². The molecule has 0 spiro atoms. The molecule has 0 unspecified atom stereocenters. The van der Waals surface area contributed by atoms with E-state index < -0.39 is 5.82 Å². The van der Waals surface area contributed by atoms with Gasteiger partial charge in [-0.05, 0) is 32.0 Å². The van der Waals surface area contributed by atoms with Crippen molar-refractivity contribution >= 4 is 28.9 Å². The van der Waals surface area contributed by atoms with Gasteiger partial charge in [-0.15, -0.1) is 0 Å². The summed E-state index contributed by atoms with van der Waals surface area (Å²) in [5.41, 5.74) is 1.30. The monoisotopic (exact) mass is 364 g/mol. The second-order valence-corrected chi connectivity index (χ2v) is 6.31. The van der Waals surface area contributed by atoms with E-state index in [1.165, 1.54) is 6.07 Å². The van der Waals surface area contributed by atoms with Gasteiger partial charge in [0.25, 0.3) is 0 Å². The Morgan fingerprint density at radius 3 is 2.58 bits per heavy atom. The number of aromatic nitrogens is 3. The van der Waals surface area contributed by atoms with Gasteiger partial charge in [0.1, 0.15) is 11.0 Å². The summed E-state index contributed by atoms with van der Waals surface area (Å²) in [6.45, 7) is 3.96. The van der Waals surface area contributed by atoms with Crippen molar-refractivity contribution in [3.05, 3.63) is 58.7 Å². The molecule has 0 radical (unpaired) electrons. The average Bonchev–Trinajstić information content (AvgIpc) is 3.03. The highest BCUT2D eigenvalue weighted by atomic mass is 35.5. The lowest BCUT2D eigenvalue weighted by molar-refractivity contribution is 0.631. The maximum absolute atomic E-state index is 14.4. The zero-order chi connectivity index (χ0) is 17.3. The maximum Gasteiger partial charge on any atom is 0.157 e. The molecule has 0 amide bonds. The van der Waals surface area contributed by atoms with Crippen LogP contribution in [0.4, 0.5) is 10.1 Å². The fourth-order valence-corrected chi connectivity index (χ4v) is 2.96. The van der Waals surface area contributed by atoms with Crippen molar-refractivity contribution in [3.8, 4) is 16.9 Å². The Hall–Kier alpha value is -2.11. The standard InChI is InChI=1S/C17H15Cl2FN4/c1-10(2)22-13-9-14(24-8-4-7-21-24)23-17(19)16(13)15-11(18)5-3-6-12(15)20/h3-10H,1-2H3,(H,22,23). The van der Waals surface area contributed by atoms with Gasteiger partial charge < -0.3 is 5.32 Å². The molecule has 24 heavy (non-hydrogen) atoms. The lowest BCUT2D eigenvalue weighted by atomic mass is 10.0. The molecule has 4 nitrogen and oxygen atoms in total. The lowest BCUT2D eigenvalue weighted by Crippen LogP contribution is -2.12. The van der Waals surface area contributed by atoms with Crippen molar-refractivity contribution in [2.45, 2.75) is 19.9 Å². The quantitative estimate of drug-likeness (QED) is 0.646. The fraction of sp³-hybridized carbons (Fsp3) is 0.176. The minimum absolute atomic E-state index is 0.109. The second kappa shape index (κ2) is 6.79. The number of anilines is 1. The predicted octanol–water partition coefficient (Wildman–Crippen LogP) is 5.20. The van der Waals surface area contributed by atoms with Crippen LogP contribution >= 0.6 is 23.2 Å². The summed E-state index contributed by atoms with van der Waals surface area (Å²) < 4.78 is 16.0. The molecule has 0 aliphatic carbocycles. The largest absolute Gasteiger partial charge is 0.382 e. The van der Waals surface area contributed by atoms with E-state index in [9.17, 15) is 4.39 Å². The number of hydrogen-bond donors (Lipinski definition) is 1. The van der Waals surface area contributed by atoms with Crippen LogP contribution in [-0.2, 0) is 0 Å². The Morgan fingerprint density at radius 2 is 1.96 bits per heavy atom. The number of nitrogens with zero attached hydrogens (tertiary/aromatic N) is 3. The van der Waals surface area contributed by atoms with Gasteiger partial charge in [-0.25, -0.2) is 14.1 Å². The van der Waals surface area contributed by atoms with E-state index in [1.54, 1.807) is 41.3 Å². The van der Waals surface area contributed by atoms with E-state index in [2.05, 4.69) is 15.4 Å². The zero-order valence-electron chi connectivity index (χ0n) is 13.1. The number of halogens is 3. The van der Waals surface area contributed by atoms with Crippen LogP contribution in [0.1, 0.15) is 13.8 Å². The first-order valence-corrected chi connectivity index (χ1v) is 8.14. The minimum Gasteiger partial charge on any atom is -0.382 e. The van der Waals surface area contributed by atoms with Gasteiger partial charge in [-0.1, -0.05) is 29.3 Å². The van der Waals surface area contributed by atoms with Crippen LogP contribution < -0.4 is 5.32 Å². The Balaban J connectivity index is 2.25. The Kier molecular flexibility index (Phi) is 4.73. The molecule has 1 N–H and O–H groups in total. The molecular weight excluding hydrogens is 350 g/mol. The van der Waals surface area contributed by atoms with Gasteiger partial charge in [-0.3, -0.25) is 0 Å². The number of hydrogen-bond acceptors (Lipinski definition) is 3. The molecule has 2 aromatic heterocycles. The van der Waals surface area contributed by atoms with Crippen molar-refractivity contribution in [2.24, 2.45) is 0 Å². The van der Waals surface area contributed by atoms with Gasteiger partial charge in [0.2, 0.25) is 0 Å². The predicted molar refractivity (Wildman–Crippen MR) is 95.5 cm³/mol. The molecule has 0 aliphatic heterocycles. The van der Waals surface area contributed by atoms with Crippen molar-refractivity contribution in [3.63, 3.8) is 0 Å². The van der Waals surface area contributed by atoms with Gasteiger partial charge in [0.15, 0.2) is 5.82 Å². The Labute approximate surface area is 149 Å². The van der Waals surface area contributed by atoms with E-state index in [0.29, 0.717) is 17.1 Å². The van der Waals surface area contributed by atoms with Crippen LogP contribution in [0.15, 0.2) is 42.7 Å². The summed E-state index contributed by atoms with van der Waals surface area (Å²) >= 11 is 12.6. The molecule has 3 rings (SSSR count). The number of rotatable bonds is 4. The summed E-state index contributed by atoms with van der Waals surface area (Å²) in [6.07, 6.45) is 3.40. The van der Waals surface area contributed by atoms with Gasteiger partial charge in [0, 0.05) is 41.3 Å². The van der Waals surface area contributed by atoms with E-state index >= 15 is 0 Å². The minimum atomic E-state index is -0.454. The third-order valence-electron chi connectivity index (χ3n) is 3.36. The van der Waals surface area contributed by atoms with Crippen LogP contribution in [0.2, 0.25) is 10.2 Å². The highest BCUT2D eigenvalue weighted by Gasteiger charge is 2.20. The van der Waals surface area contributed by atoms with Gasteiger partial charge in [0.05, 0.1) is 5.02 Å². The third kappa shape index (κ3) is 3.23. The second-order valence-electron chi connectivity index (χ2n) is 5.54. The van der Waals surface area contributed by atoms with E-state index in [4.69, 9.17) is 23.2 Å². The molecule has 1 aromatic carbocycles. The normalized spacial score (nSPS) is 11.1. The number of pyridine rings is 1. The molecule has 7 heteroatoms. The first kappa shape index (κ1) is 16.7. The Morgan fingerprint density at radius 1 is 1.17 bits per heavy atom. The summed E-state index contributed by atoms with van der Waals surface area (Å²) in [6, 6.07) is 8.19. The van der Waals surface area contributed by atoms with Crippen molar-refractivity contribution in [1.29, 1.82) is 0 Å². The summed E-state index contributed by atoms with van der Waals surface area (Å²) in [5.74, 6) is 0.0780. The van der Waals surface area contributed by atoms with Crippen molar-refractivity contribution < 1.29 is 4.39 Å². The first-order chi connectivity index (χ1) is 11.5. The fourth-order valence-electron chi connectivity index (χ4n) is 2.42. The van der Waals surface area contributed by atoms with Crippen molar-refractivity contribution in [2.75, 3.05) is 5.32 Å². The average molecular weight is 365 g/mol. The van der Waals surface area contributed by atoms with Crippen LogP contribution in [0.5, 0.6) is 0 Å². The summed E-state index contributed by atoms with van der Waals surface area (Å²) in [7, 11) is 0. The van der Waals surface area contributed by atoms with Crippen LogP contribution in [0, 0.1) is 5.82 Å². The number of benzene rings is 1. The van der Waals surface area contributed by atoms with E-state index in [1.807, 2.05) is 13.8 Å². The number of nitrogens with one attached hydrogen (secondary N) is 1. The molecule has 3 aromatic rings. The molecule has 0 saturated heterocycles. The lowest BCUT2D eigenvalue weighted by Gasteiger charge is -2.18. The van der Waals surface area contributed by atoms with Crippen LogP contribution in [-0.4, -0.2) is 20.8 Å². The topological polar surface area (TPSA) is 42.7 Å². The molecule has 0 fully saturated rings. The van der Waals surface area contributed by atoms with Crippen molar-refractivity contribution in [1.82, 2.24) is 14.8 Å². The molecule has 0 saturated carbocycles.